The molecule has 1 fully saturated rings. The van der Waals surface area contributed by atoms with E-state index in [0.717, 1.165) is 5.57 Å². The number of esters is 2. The normalized spacial score (nSPS) is 28.6. The minimum Gasteiger partial charge on any atom is -0.468 e. The molecule has 0 heterocycles. The van der Waals surface area contributed by atoms with Crippen molar-refractivity contribution < 1.29 is 23.9 Å². The molecular formula is C13H16O5. The molecule has 5 nitrogen and oxygen atoms in total. The zero-order chi connectivity index (χ0) is 13.6. The smallest absolute Gasteiger partial charge is 0.323 e. The van der Waals surface area contributed by atoms with E-state index < -0.39 is 22.8 Å². The van der Waals surface area contributed by atoms with Crippen LogP contribution in [0.25, 0.3) is 0 Å². The van der Waals surface area contributed by atoms with Crippen molar-refractivity contribution in [3.8, 4) is 0 Å². The number of fused-ring (bicyclic) bond motifs is 1. The maximum atomic E-state index is 12.0. The number of rotatable bonds is 2. The molecule has 0 amide bonds. The zero-order valence-corrected chi connectivity index (χ0v) is 10.7. The predicted molar refractivity (Wildman–Crippen MR) is 61.5 cm³/mol. The highest BCUT2D eigenvalue weighted by Crippen LogP contribution is 2.58. The van der Waals surface area contributed by atoms with Gasteiger partial charge in [-0.2, -0.15) is 0 Å². The van der Waals surface area contributed by atoms with Crippen molar-refractivity contribution in [2.45, 2.75) is 26.2 Å². The molecule has 0 unspecified atom stereocenters. The number of methoxy groups -OCH3 is 2. The van der Waals surface area contributed by atoms with E-state index in [4.69, 9.17) is 9.47 Å². The lowest BCUT2D eigenvalue weighted by atomic mass is 9.79. The SMILES string of the molecule is COC(=O)C1(C(=O)OC)CC2=CC(=O)C[C@]2(C)C1. The molecule has 0 aliphatic heterocycles. The van der Waals surface area contributed by atoms with Crippen LogP contribution in [0.2, 0.25) is 0 Å². The minimum atomic E-state index is -1.29. The average molecular weight is 252 g/mol. The molecule has 0 aromatic heterocycles. The molecule has 2 aliphatic rings. The second kappa shape index (κ2) is 3.93. The number of hydrogen-bond donors (Lipinski definition) is 0. The monoisotopic (exact) mass is 252 g/mol. The van der Waals surface area contributed by atoms with Crippen LogP contribution in [-0.4, -0.2) is 31.9 Å². The van der Waals surface area contributed by atoms with Gasteiger partial charge in [0, 0.05) is 6.42 Å². The predicted octanol–water partition coefficient (Wildman–Crippen LogP) is 1.02. The molecule has 98 valence electrons. The number of carbonyl (C=O) groups excluding carboxylic acids is 3. The summed E-state index contributed by atoms with van der Waals surface area (Å²) in [6.45, 7) is 1.90. The Balaban J connectivity index is 2.43. The molecule has 0 bridgehead atoms. The fraction of sp³-hybridized carbons (Fsp3) is 0.615. The van der Waals surface area contributed by atoms with Gasteiger partial charge in [0.2, 0.25) is 0 Å². The van der Waals surface area contributed by atoms with E-state index in [9.17, 15) is 14.4 Å². The molecule has 0 N–H and O–H groups in total. The number of hydrogen-bond acceptors (Lipinski definition) is 5. The van der Waals surface area contributed by atoms with Crippen LogP contribution >= 0.6 is 0 Å². The number of ether oxygens (including phenoxy) is 2. The van der Waals surface area contributed by atoms with E-state index in [-0.39, 0.29) is 18.6 Å². The first-order valence-electron chi connectivity index (χ1n) is 5.79. The van der Waals surface area contributed by atoms with Gasteiger partial charge >= 0.3 is 11.9 Å². The molecule has 0 radical (unpaired) electrons. The molecular weight excluding hydrogens is 236 g/mol. The van der Waals surface area contributed by atoms with Crippen molar-refractivity contribution in [2.75, 3.05) is 14.2 Å². The first-order chi connectivity index (χ1) is 8.38. The van der Waals surface area contributed by atoms with Gasteiger partial charge in [-0.1, -0.05) is 12.5 Å². The van der Waals surface area contributed by atoms with Crippen molar-refractivity contribution >= 4 is 17.7 Å². The molecule has 0 spiro atoms. The van der Waals surface area contributed by atoms with Gasteiger partial charge in [-0.05, 0) is 24.3 Å². The third-order valence-electron chi connectivity index (χ3n) is 4.01. The molecule has 0 saturated heterocycles. The fourth-order valence-corrected chi connectivity index (χ4v) is 3.17. The highest BCUT2D eigenvalue weighted by molar-refractivity contribution is 6.03. The molecule has 1 atom stereocenters. The average Bonchev–Trinajstić information content (AvgIpc) is 2.75. The Bertz CT molecular complexity index is 446. The van der Waals surface area contributed by atoms with E-state index in [1.54, 1.807) is 6.08 Å². The van der Waals surface area contributed by atoms with Crippen LogP contribution in [0.5, 0.6) is 0 Å². The summed E-state index contributed by atoms with van der Waals surface area (Å²) in [5, 5.41) is 0. The summed E-state index contributed by atoms with van der Waals surface area (Å²) in [7, 11) is 2.51. The van der Waals surface area contributed by atoms with E-state index in [1.165, 1.54) is 14.2 Å². The van der Waals surface area contributed by atoms with Crippen molar-refractivity contribution in [3.05, 3.63) is 11.6 Å². The minimum absolute atomic E-state index is 0.0517. The van der Waals surface area contributed by atoms with E-state index in [0.29, 0.717) is 6.42 Å². The van der Waals surface area contributed by atoms with Crippen LogP contribution in [0, 0.1) is 10.8 Å². The van der Waals surface area contributed by atoms with Crippen LogP contribution in [0.1, 0.15) is 26.2 Å². The first kappa shape index (κ1) is 12.8. The van der Waals surface area contributed by atoms with Crippen molar-refractivity contribution in [1.82, 2.24) is 0 Å². The van der Waals surface area contributed by atoms with Gasteiger partial charge in [0.15, 0.2) is 11.2 Å². The first-order valence-corrected chi connectivity index (χ1v) is 5.79. The van der Waals surface area contributed by atoms with Gasteiger partial charge in [-0.15, -0.1) is 0 Å². The Morgan fingerprint density at radius 1 is 1.17 bits per heavy atom. The Kier molecular flexibility index (Phi) is 2.80. The van der Waals surface area contributed by atoms with Crippen LogP contribution in [0.4, 0.5) is 0 Å². The van der Waals surface area contributed by atoms with Crippen molar-refractivity contribution in [1.29, 1.82) is 0 Å². The van der Waals surface area contributed by atoms with Crippen molar-refractivity contribution in [2.24, 2.45) is 10.8 Å². The fourth-order valence-electron chi connectivity index (χ4n) is 3.17. The largest absolute Gasteiger partial charge is 0.468 e. The second-order valence-corrected chi connectivity index (χ2v) is 5.29. The zero-order valence-electron chi connectivity index (χ0n) is 10.7. The lowest BCUT2D eigenvalue weighted by Crippen LogP contribution is -2.40. The molecule has 1 saturated carbocycles. The topological polar surface area (TPSA) is 69.7 Å². The molecule has 0 aromatic carbocycles. The van der Waals surface area contributed by atoms with Gasteiger partial charge in [0.05, 0.1) is 14.2 Å². The summed E-state index contributed by atoms with van der Waals surface area (Å²) in [6, 6.07) is 0. The quantitative estimate of drug-likeness (QED) is 0.542. The summed E-state index contributed by atoms with van der Waals surface area (Å²) >= 11 is 0. The summed E-state index contributed by atoms with van der Waals surface area (Å²) < 4.78 is 9.49. The van der Waals surface area contributed by atoms with Gasteiger partial charge in [0.1, 0.15) is 0 Å². The van der Waals surface area contributed by atoms with Gasteiger partial charge in [0.25, 0.3) is 0 Å². The van der Waals surface area contributed by atoms with E-state index >= 15 is 0 Å². The second-order valence-electron chi connectivity index (χ2n) is 5.29. The van der Waals surface area contributed by atoms with Gasteiger partial charge in [-0.25, -0.2) is 0 Å². The van der Waals surface area contributed by atoms with Crippen LogP contribution < -0.4 is 0 Å². The van der Waals surface area contributed by atoms with Gasteiger partial charge in [-0.3, -0.25) is 14.4 Å². The Labute approximate surface area is 105 Å². The van der Waals surface area contributed by atoms with Crippen LogP contribution in [0.3, 0.4) is 0 Å². The Morgan fingerprint density at radius 3 is 2.17 bits per heavy atom. The van der Waals surface area contributed by atoms with Gasteiger partial charge < -0.3 is 9.47 Å². The van der Waals surface area contributed by atoms with Crippen LogP contribution in [-0.2, 0) is 23.9 Å². The van der Waals surface area contributed by atoms with E-state index in [2.05, 4.69) is 0 Å². The lowest BCUT2D eigenvalue weighted by Gasteiger charge is -2.25. The number of allylic oxidation sites excluding steroid dienone is 2. The molecule has 2 aliphatic carbocycles. The number of carbonyl (C=O) groups is 3. The summed E-state index contributed by atoms with van der Waals surface area (Å²) in [5.41, 5.74) is -0.854. The molecule has 18 heavy (non-hydrogen) atoms. The maximum Gasteiger partial charge on any atom is 0.323 e. The molecule has 2 rings (SSSR count). The third-order valence-corrected chi connectivity index (χ3v) is 4.01. The Morgan fingerprint density at radius 2 is 1.72 bits per heavy atom. The van der Waals surface area contributed by atoms with Crippen molar-refractivity contribution in [3.63, 3.8) is 0 Å². The lowest BCUT2D eigenvalue weighted by molar-refractivity contribution is -0.169. The van der Waals surface area contributed by atoms with Crippen LogP contribution in [0.15, 0.2) is 11.6 Å². The molecule has 5 heteroatoms. The number of ketones is 1. The summed E-state index contributed by atoms with van der Waals surface area (Å²) in [6.07, 6.45) is 2.39. The highest BCUT2D eigenvalue weighted by Gasteiger charge is 2.61. The van der Waals surface area contributed by atoms with E-state index in [1.807, 2.05) is 6.92 Å². The molecule has 0 aromatic rings. The third kappa shape index (κ3) is 1.57. The highest BCUT2D eigenvalue weighted by atomic mass is 16.5. The summed E-state index contributed by atoms with van der Waals surface area (Å²) in [4.78, 5) is 35.4. The maximum absolute atomic E-state index is 12.0. The Hall–Kier alpha value is -1.65. The summed E-state index contributed by atoms with van der Waals surface area (Å²) in [5.74, 6) is -1.12. The standard InChI is InChI=1S/C13H16O5/c1-12-6-9(14)4-8(12)5-13(7-12,10(15)17-2)11(16)18-3/h4H,5-7H2,1-3H3/t12-/m1/s1.